The molecule has 2 aromatic carbocycles. The Morgan fingerprint density at radius 3 is 2.70 bits per heavy atom. The number of fused-ring (bicyclic) bond motifs is 3. The van der Waals surface area contributed by atoms with Gasteiger partial charge in [0.15, 0.2) is 0 Å². The van der Waals surface area contributed by atoms with Crippen LogP contribution >= 0.6 is 0 Å². The number of anilines is 1. The van der Waals surface area contributed by atoms with Crippen LogP contribution in [-0.4, -0.2) is 4.92 Å². The first-order chi connectivity index (χ1) is 11.1. The maximum atomic E-state index is 13.2. The van der Waals surface area contributed by atoms with Crippen molar-refractivity contribution >= 4 is 11.4 Å². The van der Waals surface area contributed by atoms with Crippen molar-refractivity contribution in [3.63, 3.8) is 0 Å². The molecule has 1 aliphatic heterocycles. The first kappa shape index (κ1) is 13.9. The Kier molecular flexibility index (Phi) is 3.15. The number of nitrogens with zero attached hydrogens (tertiary/aromatic N) is 1. The van der Waals surface area contributed by atoms with Gasteiger partial charge in [-0.1, -0.05) is 24.3 Å². The summed E-state index contributed by atoms with van der Waals surface area (Å²) in [5.74, 6) is 0.192. The molecule has 0 radical (unpaired) electrons. The molecule has 116 valence electrons. The van der Waals surface area contributed by atoms with Crippen molar-refractivity contribution in [1.29, 1.82) is 0 Å². The quantitative estimate of drug-likeness (QED) is 0.502. The second-order valence-corrected chi connectivity index (χ2v) is 6.06. The Hall–Kier alpha value is -2.69. The third kappa shape index (κ3) is 2.29. The van der Waals surface area contributed by atoms with E-state index >= 15 is 0 Å². The summed E-state index contributed by atoms with van der Waals surface area (Å²) < 4.78 is 13.2. The van der Waals surface area contributed by atoms with Crippen LogP contribution in [0.2, 0.25) is 0 Å². The Bertz CT molecular complexity index is 801. The lowest BCUT2D eigenvalue weighted by atomic mass is 9.77. The molecule has 5 heteroatoms. The van der Waals surface area contributed by atoms with Gasteiger partial charge >= 0.3 is 0 Å². The van der Waals surface area contributed by atoms with Gasteiger partial charge in [0.25, 0.3) is 5.69 Å². The zero-order valence-corrected chi connectivity index (χ0v) is 12.3. The van der Waals surface area contributed by atoms with Crippen LogP contribution < -0.4 is 5.32 Å². The minimum Gasteiger partial charge on any atom is -0.378 e. The minimum absolute atomic E-state index is 0.0737. The van der Waals surface area contributed by atoms with Crippen LogP contribution in [0.4, 0.5) is 15.8 Å². The lowest BCUT2D eigenvalue weighted by molar-refractivity contribution is -0.384. The van der Waals surface area contributed by atoms with Crippen molar-refractivity contribution in [2.45, 2.75) is 18.4 Å². The molecule has 0 fully saturated rings. The van der Waals surface area contributed by atoms with Crippen LogP contribution in [0.5, 0.6) is 0 Å². The molecule has 0 saturated heterocycles. The zero-order valence-electron chi connectivity index (χ0n) is 12.3. The molecular weight excluding hydrogens is 295 g/mol. The third-order valence-corrected chi connectivity index (χ3v) is 4.79. The molecule has 1 aliphatic carbocycles. The average Bonchev–Trinajstić information content (AvgIpc) is 3.04. The van der Waals surface area contributed by atoms with Gasteiger partial charge in [0, 0.05) is 23.7 Å². The fourth-order valence-corrected chi connectivity index (χ4v) is 3.70. The van der Waals surface area contributed by atoms with E-state index < -0.39 is 0 Å². The molecule has 4 rings (SSSR count). The van der Waals surface area contributed by atoms with Gasteiger partial charge in [-0.3, -0.25) is 10.1 Å². The van der Waals surface area contributed by atoms with E-state index in [1.54, 1.807) is 24.3 Å². The van der Waals surface area contributed by atoms with Crippen LogP contribution in [-0.2, 0) is 0 Å². The van der Waals surface area contributed by atoms with Crippen molar-refractivity contribution < 1.29 is 9.31 Å². The maximum Gasteiger partial charge on any atom is 0.269 e. The van der Waals surface area contributed by atoms with Gasteiger partial charge < -0.3 is 5.32 Å². The normalized spacial score (nSPS) is 24.7. The van der Waals surface area contributed by atoms with Crippen LogP contribution in [0.3, 0.4) is 0 Å². The lowest BCUT2D eigenvalue weighted by Gasteiger charge is -2.37. The van der Waals surface area contributed by atoms with E-state index in [1.165, 1.54) is 18.2 Å². The second kappa shape index (κ2) is 5.19. The number of halogens is 1. The highest BCUT2D eigenvalue weighted by Crippen LogP contribution is 2.50. The van der Waals surface area contributed by atoms with Gasteiger partial charge in [0.2, 0.25) is 0 Å². The topological polar surface area (TPSA) is 55.2 Å². The molecule has 23 heavy (non-hydrogen) atoms. The third-order valence-electron chi connectivity index (χ3n) is 4.79. The highest BCUT2D eigenvalue weighted by molar-refractivity contribution is 5.62. The Morgan fingerprint density at radius 2 is 1.96 bits per heavy atom. The molecule has 4 nitrogen and oxygen atoms in total. The van der Waals surface area contributed by atoms with Crippen molar-refractivity contribution in [1.82, 2.24) is 0 Å². The molecule has 2 aromatic rings. The summed E-state index contributed by atoms with van der Waals surface area (Å²) in [6, 6.07) is 11.6. The zero-order chi connectivity index (χ0) is 16.0. The van der Waals surface area contributed by atoms with Gasteiger partial charge in [-0.15, -0.1) is 0 Å². The Balaban J connectivity index is 1.77. The second-order valence-electron chi connectivity index (χ2n) is 6.06. The number of nitro benzene ring substituents is 1. The smallest absolute Gasteiger partial charge is 0.269 e. The van der Waals surface area contributed by atoms with Gasteiger partial charge in [-0.25, -0.2) is 4.39 Å². The predicted octanol–water partition coefficient (Wildman–Crippen LogP) is 4.56. The molecule has 0 spiro atoms. The monoisotopic (exact) mass is 310 g/mol. The number of non-ortho nitro benzene ring substituents is 1. The van der Waals surface area contributed by atoms with E-state index in [0.717, 1.165) is 23.2 Å². The molecule has 2 aliphatic rings. The van der Waals surface area contributed by atoms with Crippen molar-refractivity contribution in [2.24, 2.45) is 5.92 Å². The molecule has 3 atom stereocenters. The molecule has 1 heterocycles. The minimum atomic E-state index is -0.361. The SMILES string of the molecule is O=[N+]([O-])c1ccc2c(c1)[C@@H]1C=CC[C@H]1[C@@H](c1ccc(F)cc1)N2. The van der Waals surface area contributed by atoms with Crippen LogP contribution in [0.25, 0.3) is 0 Å². The summed E-state index contributed by atoms with van der Waals surface area (Å²) in [4.78, 5) is 10.7. The number of nitro groups is 1. The van der Waals surface area contributed by atoms with Crippen LogP contribution in [0.15, 0.2) is 54.6 Å². The number of nitrogens with one attached hydrogen (secondary N) is 1. The molecule has 0 amide bonds. The largest absolute Gasteiger partial charge is 0.378 e. The summed E-state index contributed by atoms with van der Waals surface area (Å²) in [7, 11) is 0. The van der Waals surface area contributed by atoms with E-state index in [2.05, 4.69) is 17.5 Å². The van der Waals surface area contributed by atoms with Gasteiger partial charge in [0.05, 0.1) is 11.0 Å². The molecule has 1 N–H and O–H groups in total. The molecule has 0 saturated carbocycles. The van der Waals surface area contributed by atoms with E-state index in [-0.39, 0.29) is 34.3 Å². The first-order valence-corrected chi connectivity index (χ1v) is 7.60. The van der Waals surface area contributed by atoms with E-state index in [0.29, 0.717) is 0 Å². The Morgan fingerprint density at radius 1 is 1.17 bits per heavy atom. The number of hydrogen-bond acceptors (Lipinski definition) is 3. The van der Waals surface area contributed by atoms with Crippen LogP contribution in [0.1, 0.15) is 29.5 Å². The predicted molar refractivity (Wildman–Crippen MR) is 85.8 cm³/mol. The summed E-state index contributed by atoms with van der Waals surface area (Å²) in [5.41, 5.74) is 3.04. The summed E-state index contributed by atoms with van der Waals surface area (Å²) in [6.45, 7) is 0. The molecule has 0 aromatic heterocycles. The fraction of sp³-hybridized carbons (Fsp3) is 0.222. The number of hydrogen-bond donors (Lipinski definition) is 1. The average molecular weight is 310 g/mol. The van der Waals surface area contributed by atoms with Gasteiger partial charge in [0.1, 0.15) is 5.82 Å². The number of allylic oxidation sites excluding steroid dienone is 2. The number of rotatable bonds is 2. The summed E-state index contributed by atoms with van der Waals surface area (Å²) in [6.07, 6.45) is 5.16. The van der Waals surface area contributed by atoms with Gasteiger partial charge in [-0.2, -0.15) is 0 Å². The molecular formula is C18H15FN2O2. The van der Waals surface area contributed by atoms with E-state index in [1.807, 2.05) is 0 Å². The standard InChI is InChI=1S/C18H15FN2O2/c19-12-6-4-11(5-7-12)18-15-3-1-2-14(15)16-10-13(21(22)23)8-9-17(16)20-18/h1-2,4-10,14-15,18,20H,3H2/t14-,15-,18-/m1/s1. The van der Waals surface area contributed by atoms with E-state index in [9.17, 15) is 14.5 Å². The first-order valence-electron chi connectivity index (χ1n) is 7.60. The van der Waals surface area contributed by atoms with Gasteiger partial charge in [-0.05, 0) is 41.7 Å². The highest BCUT2D eigenvalue weighted by atomic mass is 19.1. The number of benzene rings is 2. The fourth-order valence-electron chi connectivity index (χ4n) is 3.70. The highest BCUT2D eigenvalue weighted by Gasteiger charge is 2.38. The molecule has 0 unspecified atom stereocenters. The maximum absolute atomic E-state index is 13.2. The molecule has 0 bridgehead atoms. The van der Waals surface area contributed by atoms with Crippen molar-refractivity contribution in [3.8, 4) is 0 Å². The lowest BCUT2D eigenvalue weighted by Crippen LogP contribution is -2.29. The van der Waals surface area contributed by atoms with Crippen LogP contribution in [0, 0.1) is 21.8 Å². The van der Waals surface area contributed by atoms with E-state index in [4.69, 9.17) is 0 Å². The summed E-state index contributed by atoms with van der Waals surface area (Å²) >= 11 is 0. The Labute approximate surface area is 132 Å². The van der Waals surface area contributed by atoms with Crippen molar-refractivity contribution in [2.75, 3.05) is 5.32 Å². The summed E-state index contributed by atoms with van der Waals surface area (Å²) in [5, 5.41) is 14.5. The van der Waals surface area contributed by atoms with Crippen molar-refractivity contribution in [3.05, 3.63) is 81.7 Å².